The molecule has 2 N–H and O–H groups in total. The monoisotopic (exact) mass is 359 g/mol. The van der Waals surface area contributed by atoms with Crippen molar-refractivity contribution in [1.82, 2.24) is 15.5 Å². The fraction of sp³-hybridized carbons (Fsp3) is 0.667. The van der Waals surface area contributed by atoms with Crippen LogP contribution in [0.5, 0.6) is 0 Å². The van der Waals surface area contributed by atoms with Crippen LogP contribution in [-0.4, -0.2) is 49.2 Å². The zero-order valence-electron chi connectivity index (χ0n) is 16.2. The molecule has 3 rings (SSSR count). The molecule has 3 atom stereocenters. The molecule has 2 fully saturated rings. The Morgan fingerprint density at radius 1 is 1.23 bits per heavy atom. The molecule has 3 unspecified atom stereocenters. The van der Waals surface area contributed by atoms with Crippen molar-refractivity contribution in [2.75, 3.05) is 26.2 Å². The quantitative estimate of drug-likeness (QED) is 0.784. The second-order valence-electron chi connectivity index (χ2n) is 7.89. The fourth-order valence-corrected chi connectivity index (χ4v) is 4.12. The van der Waals surface area contributed by atoms with Crippen molar-refractivity contribution in [1.29, 1.82) is 0 Å². The van der Waals surface area contributed by atoms with Crippen LogP contribution in [0.3, 0.4) is 0 Å². The van der Waals surface area contributed by atoms with Crippen LogP contribution in [0.1, 0.15) is 44.2 Å². The van der Waals surface area contributed by atoms with E-state index >= 15 is 0 Å². The van der Waals surface area contributed by atoms with Gasteiger partial charge in [0, 0.05) is 32.6 Å². The third-order valence-electron chi connectivity index (χ3n) is 5.43. The van der Waals surface area contributed by atoms with Crippen molar-refractivity contribution < 1.29 is 9.53 Å². The average molecular weight is 360 g/mol. The number of carbonyl (C=O) groups excluding carboxylic acids is 1. The van der Waals surface area contributed by atoms with E-state index in [4.69, 9.17) is 4.74 Å². The van der Waals surface area contributed by atoms with Crippen LogP contribution in [0.2, 0.25) is 0 Å². The summed E-state index contributed by atoms with van der Waals surface area (Å²) in [6, 6.07) is 8.45. The van der Waals surface area contributed by atoms with Gasteiger partial charge < -0.3 is 15.4 Å². The Bertz CT molecular complexity index is 576. The largest absolute Gasteiger partial charge is 0.373 e. The lowest BCUT2D eigenvalue weighted by Crippen LogP contribution is -2.45. The van der Waals surface area contributed by atoms with Crippen LogP contribution in [0.15, 0.2) is 24.3 Å². The maximum Gasteiger partial charge on any atom is 0.220 e. The van der Waals surface area contributed by atoms with Gasteiger partial charge in [-0.15, -0.1) is 0 Å². The van der Waals surface area contributed by atoms with Gasteiger partial charge in [0.2, 0.25) is 5.91 Å². The van der Waals surface area contributed by atoms with E-state index in [-0.39, 0.29) is 18.1 Å². The Labute approximate surface area is 157 Å². The van der Waals surface area contributed by atoms with E-state index in [1.54, 1.807) is 0 Å². The van der Waals surface area contributed by atoms with Crippen molar-refractivity contribution in [2.45, 2.75) is 58.4 Å². The van der Waals surface area contributed by atoms with Crippen molar-refractivity contribution in [3.63, 3.8) is 0 Å². The number of ether oxygens (including phenoxy) is 1. The molecule has 144 valence electrons. The molecule has 0 radical (unpaired) electrons. The fourth-order valence-electron chi connectivity index (χ4n) is 4.12. The van der Waals surface area contributed by atoms with Crippen LogP contribution in [-0.2, 0) is 22.6 Å². The third-order valence-corrected chi connectivity index (χ3v) is 5.43. The van der Waals surface area contributed by atoms with Gasteiger partial charge in [0.25, 0.3) is 0 Å². The lowest BCUT2D eigenvalue weighted by molar-refractivity contribution is -0.121. The average Bonchev–Trinajstić information content (AvgIpc) is 3.12. The molecule has 1 aromatic rings. The maximum atomic E-state index is 12.2. The van der Waals surface area contributed by atoms with Crippen LogP contribution < -0.4 is 10.6 Å². The summed E-state index contributed by atoms with van der Waals surface area (Å²) in [5, 5.41) is 6.48. The van der Waals surface area contributed by atoms with E-state index in [2.05, 4.69) is 53.6 Å². The number of nitrogens with one attached hydrogen (secondary N) is 2. The molecule has 1 aromatic carbocycles. The number of benzene rings is 1. The summed E-state index contributed by atoms with van der Waals surface area (Å²) < 4.78 is 5.83. The summed E-state index contributed by atoms with van der Waals surface area (Å²) in [6.07, 6.45) is 3.37. The van der Waals surface area contributed by atoms with E-state index in [1.165, 1.54) is 17.5 Å². The second kappa shape index (κ2) is 9.49. The minimum absolute atomic E-state index is 0.167. The third kappa shape index (κ3) is 5.79. The molecule has 2 aliphatic heterocycles. The molecule has 2 aliphatic rings. The minimum Gasteiger partial charge on any atom is -0.373 e. The molecular weight excluding hydrogens is 326 g/mol. The van der Waals surface area contributed by atoms with Gasteiger partial charge in [0.15, 0.2) is 0 Å². The Kier molecular flexibility index (Phi) is 7.06. The topological polar surface area (TPSA) is 53.6 Å². The first-order chi connectivity index (χ1) is 12.6. The van der Waals surface area contributed by atoms with Crippen LogP contribution in [0.4, 0.5) is 0 Å². The van der Waals surface area contributed by atoms with Gasteiger partial charge in [-0.05, 0) is 56.8 Å². The highest BCUT2D eigenvalue weighted by molar-refractivity contribution is 5.75. The van der Waals surface area contributed by atoms with Crippen LogP contribution in [0.25, 0.3) is 0 Å². The van der Waals surface area contributed by atoms with Crippen molar-refractivity contribution in [3.8, 4) is 0 Å². The number of rotatable bonds is 7. The zero-order chi connectivity index (χ0) is 18.4. The Balaban J connectivity index is 1.49. The summed E-state index contributed by atoms with van der Waals surface area (Å²) in [5.74, 6) is 0.832. The molecule has 5 nitrogen and oxygen atoms in total. The van der Waals surface area contributed by atoms with E-state index in [9.17, 15) is 4.79 Å². The number of hydrogen-bond donors (Lipinski definition) is 2. The normalized spacial score (nSPS) is 26.8. The van der Waals surface area contributed by atoms with E-state index in [0.29, 0.717) is 18.9 Å². The number of carbonyl (C=O) groups is 1. The highest BCUT2D eigenvalue weighted by Gasteiger charge is 2.22. The molecule has 0 saturated carbocycles. The van der Waals surface area contributed by atoms with Crippen molar-refractivity contribution in [2.24, 2.45) is 5.92 Å². The number of morpholine rings is 1. The Hall–Kier alpha value is -1.43. The Morgan fingerprint density at radius 3 is 2.65 bits per heavy atom. The van der Waals surface area contributed by atoms with Crippen LogP contribution in [0, 0.1) is 5.92 Å². The predicted octanol–water partition coefficient (Wildman–Crippen LogP) is 2.30. The molecule has 1 amide bonds. The zero-order valence-corrected chi connectivity index (χ0v) is 16.2. The second-order valence-corrected chi connectivity index (χ2v) is 7.89. The molecule has 2 saturated heterocycles. The van der Waals surface area contributed by atoms with Gasteiger partial charge in [0.1, 0.15) is 0 Å². The minimum atomic E-state index is 0.167. The van der Waals surface area contributed by atoms with E-state index in [0.717, 1.165) is 39.1 Å². The first-order valence-electron chi connectivity index (χ1n) is 10.0. The molecule has 0 aliphatic carbocycles. The van der Waals surface area contributed by atoms with Gasteiger partial charge in [-0.3, -0.25) is 9.69 Å². The van der Waals surface area contributed by atoms with Crippen molar-refractivity contribution >= 4 is 5.91 Å². The van der Waals surface area contributed by atoms with Gasteiger partial charge in [-0.2, -0.15) is 0 Å². The Morgan fingerprint density at radius 2 is 1.96 bits per heavy atom. The lowest BCUT2D eigenvalue weighted by Gasteiger charge is -2.35. The van der Waals surface area contributed by atoms with Gasteiger partial charge >= 0.3 is 0 Å². The molecule has 26 heavy (non-hydrogen) atoms. The van der Waals surface area contributed by atoms with Gasteiger partial charge in [0.05, 0.1) is 12.2 Å². The summed E-state index contributed by atoms with van der Waals surface area (Å²) >= 11 is 0. The highest BCUT2D eigenvalue weighted by atomic mass is 16.5. The first kappa shape index (κ1) is 19.3. The summed E-state index contributed by atoms with van der Waals surface area (Å²) in [7, 11) is 0. The van der Waals surface area contributed by atoms with E-state index in [1.807, 2.05) is 0 Å². The lowest BCUT2D eigenvalue weighted by atomic mass is 10.0. The predicted molar refractivity (Wildman–Crippen MR) is 104 cm³/mol. The van der Waals surface area contributed by atoms with Gasteiger partial charge in [-0.25, -0.2) is 0 Å². The molecule has 2 heterocycles. The van der Waals surface area contributed by atoms with Crippen molar-refractivity contribution in [3.05, 3.63) is 35.4 Å². The molecule has 5 heteroatoms. The summed E-state index contributed by atoms with van der Waals surface area (Å²) in [6.45, 7) is 9.88. The van der Waals surface area contributed by atoms with Gasteiger partial charge in [-0.1, -0.05) is 24.3 Å². The molecule has 0 aromatic heterocycles. The summed E-state index contributed by atoms with van der Waals surface area (Å²) in [4.78, 5) is 14.7. The molecule has 0 spiro atoms. The maximum absolute atomic E-state index is 12.2. The number of hydrogen-bond acceptors (Lipinski definition) is 4. The number of amides is 1. The smallest absolute Gasteiger partial charge is 0.220 e. The standard InChI is InChI=1S/C21H33N3O2/c1-16-13-24(14-17(2)26-16)15-20-6-4-3-5-19(20)12-23-21(25)8-7-18-9-10-22-11-18/h3-6,16-18,22H,7-15H2,1-2H3,(H,23,25). The molecular formula is C21H33N3O2. The SMILES string of the molecule is CC1CN(Cc2ccccc2CNC(=O)CCC2CCNC2)CC(C)O1. The van der Waals surface area contributed by atoms with E-state index < -0.39 is 0 Å². The molecule has 0 bridgehead atoms. The summed E-state index contributed by atoms with van der Waals surface area (Å²) in [5.41, 5.74) is 2.52. The highest BCUT2D eigenvalue weighted by Crippen LogP contribution is 2.17. The first-order valence-corrected chi connectivity index (χ1v) is 10.0. The van der Waals surface area contributed by atoms with Crippen LogP contribution >= 0.6 is 0 Å². The number of nitrogens with zero attached hydrogens (tertiary/aromatic N) is 1.